The van der Waals surface area contributed by atoms with Crippen LogP contribution in [0.4, 0.5) is 33.5 Å². The molecule has 5 aliphatic heterocycles. The van der Waals surface area contributed by atoms with E-state index >= 15 is 0 Å². The Morgan fingerprint density at radius 2 is 1.58 bits per heavy atom. The molecule has 0 unspecified atom stereocenters. The number of hydrogen-bond acceptors (Lipinski definition) is 12. The Kier molecular flexibility index (Phi) is 11.0. The van der Waals surface area contributed by atoms with Crippen LogP contribution in [0.15, 0.2) is 72.9 Å². The standard InChI is InChI=1S/C45H49N11O6/c1-52-22-23-55(45(52)62)32-4-3-19-54(26-32)36-24-47-39(40(46)58)41(50-36)49-31-13-9-28(10-14-31)29-17-20-53(21-18-29)25-27-7-11-30(12-8-27)48-34-6-2-5-33-38(34)44(61)56(43(33)60)35-15-16-37(57)51-42(35)59/h2,5-14,24,29,32,35,48H,3-4,15-23,25-26H2,1H3,(H2,46,58)(H,49,50)(H,51,57,59)/t32-,35-/m1/s1. The first kappa shape index (κ1) is 40.5. The average Bonchev–Trinajstić information content (AvgIpc) is 3.75. The molecule has 0 aliphatic carbocycles. The maximum Gasteiger partial charge on any atom is 0.320 e. The Labute approximate surface area is 358 Å². The van der Waals surface area contributed by atoms with Gasteiger partial charge in [-0.25, -0.2) is 14.8 Å². The molecule has 9 rings (SSSR count). The Morgan fingerprint density at radius 3 is 2.29 bits per heavy atom. The topological polar surface area (TPSA) is 207 Å². The monoisotopic (exact) mass is 839 g/mol. The molecule has 2 atom stereocenters. The number of urea groups is 1. The van der Waals surface area contributed by atoms with Gasteiger partial charge >= 0.3 is 6.03 Å². The van der Waals surface area contributed by atoms with Crippen molar-refractivity contribution < 1.29 is 28.8 Å². The van der Waals surface area contributed by atoms with Crippen molar-refractivity contribution in [3.05, 3.63) is 101 Å². The van der Waals surface area contributed by atoms with Gasteiger partial charge in [-0.1, -0.05) is 30.3 Å². The van der Waals surface area contributed by atoms with Gasteiger partial charge in [-0.3, -0.25) is 39.1 Å². The lowest BCUT2D eigenvalue weighted by atomic mass is 9.89. The zero-order valence-corrected chi connectivity index (χ0v) is 34.5. The van der Waals surface area contributed by atoms with Crippen LogP contribution in [0.5, 0.6) is 0 Å². The number of carbonyl (C=O) groups is 6. The van der Waals surface area contributed by atoms with E-state index in [0.29, 0.717) is 36.3 Å². The second-order valence-electron chi connectivity index (χ2n) is 16.7. The van der Waals surface area contributed by atoms with Crippen molar-refractivity contribution in [1.29, 1.82) is 0 Å². The number of imide groups is 2. The molecule has 4 aromatic rings. The number of likely N-dealkylation sites (tertiary alicyclic amines) is 1. The van der Waals surface area contributed by atoms with Crippen LogP contribution in [0.25, 0.3) is 0 Å². The maximum atomic E-state index is 13.5. The van der Waals surface area contributed by atoms with E-state index in [0.717, 1.165) is 80.2 Å². The van der Waals surface area contributed by atoms with Gasteiger partial charge in [0.25, 0.3) is 17.7 Å². The first-order valence-electron chi connectivity index (χ1n) is 21.2. The van der Waals surface area contributed by atoms with Crippen molar-refractivity contribution in [1.82, 2.24) is 34.9 Å². The summed E-state index contributed by atoms with van der Waals surface area (Å²) in [5.74, 6) is -1.49. The van der Waals surface area contributed by atoms with Crippen LogP contribution in [0.3, 0.4) is 0 Å². The number of nitrogens with one attached hydrogen (secondary N) is 3. The van der Waals surface area contributed by atoms with E-state index in [4.69, 9.17) is 10.7 Å². The van der Waals surface area contributed by atoms with Gasteiger partial charge in [0.05, 0.1) is 29.1 Å². The molecule has 62 heavy (non-hydrogen) atoms. The molecule has 5 aliphatic rings. The first-order valence-corrected chi connectivity index (χ1v) is 21.2. The molecule has 4 saturated heterocycles. The minimum Gasteiger partial charge on any atom is -0.364 e. The van der Waals surface area contributed by atoms with Gasteiger partial charge in [-0.2, -0.15) is 0 Å². The summed E-state index contributed by atoms with van der Waals surface area (Å²) in [7, 11) is 1.83. The quantitative estimate of drug-likeness (QED) is 0.157. The summed E-state index contributed by atoms with van der Waals surface area (Å²) < 4.78 is 0. The van der Waals surface area contributed by atoms with Crippen molar-refractivity contribution in [2.75, 3.05) is 61.8 Å². The number of amides is 7. The number of carbonyl (C=O) groups excluding carboxylic acids is 6. The smallest absolute Gasteiger partial charge is 0.320 e. The van der Waals surface area contributed by atoms with Crippen LogP contribution < -0.4 is 26.6 Å². The first-order chi connectivity index (χ1) is 30.0. The molecule has 17 heteroatoms. The van der Waals surface area contributed by atoms with Crippen LogP contribution >= 0.6 is 0 Å². The minimum atomic E-state index is -1.03. The SMILES string of the molecule is CN1CCN([C@@H]2CCCN(c3cnc(C(N)=O)c(Nc4ccc(C5CCN(Cc6ccc(Nc7cccc8c7C(=O)N([C@@H]7CCC(=O)NC7=O)C8=O)cc6)CC5)cc4)n3)C2)C1=O. The van der Waals surface area contributed by atoms with Crippen LogP contribution in [0, 0.1) is 0 Å². The van der Waals surface area contributed by atoms with Gasteiger partial charge in [0.2, 0.25) is 11.8 Å². The van der Waals surface area contributed by atoms with E-state index in [2.05, 4.69) is 55.0 Å². The fourth-order valence-electron chi connectivity index (χ4n) is 9.35. The third-order valence-corrected chi connectivity index (χ3v) is 12.7. The van der Waals surface area contributed by atoms with E-state index in [9.17, 15) is 28.8 Å². The van der Waals surface area contributed by atoms with E-state index in [-0.39, 0.29) is 41.7 Å². The molecule has 0 saturated carbocycles. The highest BCUT2D eigenvalue weighted by Crippen LogP contribution is 2.35. The molecule has 7 amide bonds. The Bertz CT molecular complexity index is 2440. The predicted octanol–water partition coefficient (Wildman–Crippen LogP) is 4.18. The molecule has 4 fully saturated rings. The zero-order chi connectivity index (χ0) is 43.1. The third-order valence-electron chi connectivity index (χ3n) is 12.7. The summed E-state index contributed by atoms with van der Waals surface area (Å²) >= 11 is 0. The third kappa shape index (κ3) is 8.02. The number of nitrogens with two attached hydrogens (primary N) is 1. The van der Waals surface area contributed by atoms with Crippen molar-refractivity contribution >= 4 is 64.3 Å². The summed E-state index contributed by atoms with van der Waals surface area (Å²) in [5.41, 5.74) is 10.6. The zero-order valence-electron chi connectivity index (χ0n) is 34.5. The molecule has 0 spiro atoms. The number of rotatable bonds is 11. The van der Waals surface area contributed by atoms with Crippen molar-refractivity contribution in [3.63, 3.8) is 0 Å². The van der Waals surface area contributed by atoms with Crippen LogP contribution in [0.2, 0.25) is 0 Å². The van der Waals surface area contributed by atoms with Crippen molar-refractivity contribution in [2.45, 2.75) is 63.1 Å². The number of hydrogen-bond donors (Lipinski definition) is 4. The molecule has 0 radical (unpaired) electrons. The summed E-state index contributed by atoms with van der Waals surface area (Å²) in [5, 5.41) is 8.81. The molecular formula is C45H49N11O6. The summed E-state index contributed by atoms with van der Waals surface area (Å²) in [6.07, 6.45) is 5.59. The van der Waals surface area contributed by atoms with Crippen LogP contribution in [0.1, 0.15) is 86.8 Å². The molecule has 5 N–H and O–H groups in total. The number of fused-ring (bicyclic) bond motifs is 1. The highest BCUT2D eigenvalue weighted by molar-refractivity contribution is 6.25. The summed E-state index contributed by atoms with van der Waals surface area (Å²) in [6, 6.07) is 20.4. The Morgan fingerprint density at radius 1 is 0.839 bits per heavy atom. The summed E-state index contributed by atoms with van der Waals surface area (Å²) in [4.78, 5) is 94.5. The van der Waals surface area contributed by atoms with Gasteiger partial charge in [-0.15, -0.1) is 0 Å². The molecule has 320 valence electrons. The lowest BCUT2D eigenvalue weighted by molar-refractivity contribution is -0.136. The number of piperidine rings is 3. The average molecular weight is 840 g/mol. The summed E-state index contributed by atoms with van der Waals surface area (Å²) in [6.45, 7) is 5.51. The van der Waals surface area contributed by atoms with Gasteiger partial charge in [0.1, 0.15) is 11.9 Å². The second-order valence-corrected chi connectivity index (χ2v) is 16.7. The van der Waals surface area contributed by atoms with Gasteiger partial charge in [-0.05, 0) is 98.6 Å². The van der Waals surface area contributed by atoms with E-state index < -0.39 is 35.6 Å². The second kappa shape index (κ2) is 16.9. The Balaban J connectivity index is 0.783. The molecular weight excluding hydrogens is 791 g/mol. The largest absolute Gasteiger partial charge is 0.364 e. The molecule has 6 heterocycles. The van der Waals surface area contributed by atoms with Crippen LogP contribution in [-0.2, 0) is 16.1 Å². The van der Waals surface area contributed by atoms with E-state index in [1.807, 2.05) is 36.2 Å². The molecule has 1 aromatic heterocycles. The number of likely N-dealkylation sites (N-methyl/N-ethyl adjacent to an activating group) is 1. The maximum absolute atomic E-state index is 13.5. The van der Waals surface area contributed by atoms with Gasteiger partial charge < -0.3 is 31.1 Å². The number of aromatic nitrogens is 2. The molecule has 0 bridgehead atoms. The highest BCUT2D eigenvalue weighted by atomic mass is 16.2. The highest BCUT2D eigenvalue weighted by Gasteiger charge is 2.45. The van der Waals surface area contributed by atoms with Crippen molar-refractivity contribution in [3.8, 4) is 0 Å². The fourth-order valence-corrected chi connectivity index (χ4v) is 9.35. The van der Waals surface area contributed by atoms with E-state index in [1.165, 1.54) is 5.56 Å². The Hall–Kier alpha value is -6.88. The fraction of sp³-hybridized carbons (Fsp3) is 0.378. The lowest BCUT2D eigenvalue weighted by Crippen LogP contribution is -2.54. The molecule has 17 nitrogen and oxygen atoms in total. The predicted molar refractivity (Wildman–Crippen MR) is 230 cm³/mol. The minimum absolute atomic E-state index is 0.0556. The van der Waals surface area contributed by atoms with Crippen molar-refractivity contribution in [2.24, 2.45) is 5.73 Å². The molecule has 3 aromatic carbocycles. The normalized spacial score (nSPS) is 21.1. The van der Waals surface area contributed by atoms with Gasteiger partial charge in [0, 0.05) is 57.6 Å². The number of nitrogens with zero attached hydrogens (tertiary/aromatic N) is 7. The number of benzene rings is 3. The number of anilines is 5. The van der Waals surface area contributed by atoms with E-state index in [1.54, 1.807) is 29.3 Å². The van der Waals surface area contributed by atoms with Crippen LogP contribution in [-0.4, -0.2) is 124 Å². The number of primary amides is 1. The van der Waals surface area contributed by atoms with Gasteiger partial charge in [0.15, 0.2) is 11.5 Å². The lowest BCUT2D eigenvalue weighted by Gasteiger charge is -2.37.